The van der Waals surface area contributed by atoms with E-state index in [1.807, 2.05) is 6.07 Å². The van der Waals surface area contributed by atoms with E-state index in [9.17, 15) is 0 Å². The first-order valence-electron chi connectivity index (χ1n) is 5.89. The molecule has 0 saturated heterocycles. The van der Waals surface area contributed by atoms with Crippen LogP contribution >= 0.6 is 0 Å². The third-order valence-electron chi connectivity index (χ3n) is 2.22. The molecule has 0 aliphatic rings. The number of unbranched alkanes of at least 4 members (excludes halogenated alkanes) is 1. The van der Waals surface area contributed by atoms with Crippen LogP contribution in [0.2, 0.25) is 0 Å². The molecule has 1 heterocycles. The Morgan fingerprint density at radius 3 is 2.78 bits per heavy atom. The number of methoxy groups -OCH3 is 1. The van der Waals surface area contributed by atoms with Crippen molar-refractivity contribution in [2.45, 2.75) is 12.8 Å². The van der Waals surface area contributed by atoms with Crippen LogP contribution in [0.4, 0.5) is 5.82 Å². The normalized spacial score (nSPS) is 10.0. The average molecular weight is 250 g/mol. The molecule has 0 aliphatic heterocycles. The highest BCUT2D eigenvalue weighted by Gasteiger charge is 1.96. The maximum Gasteiger partial charge on any atom is 0.158 e. The number of ether oxygens (including phenoxy) is 2. The van der Waals surface area contributed by atoms with Gasteiger partial charge in [0.1, 0.15) is 11.9 Å². The predicted molar refractivity (Wildman–Crippen MR) is 67.2 cm³/mol. The van der Waals surface area contributed by atoms with Crippen molar-refractivity contribution in [3.63, 3.8) is 0 Å². The van der Waals surface area contributed by atoms with Crippen molar-refractivity contribution in [1.82, 2.24) is 9.97 Å². The molecule has 0 fully saturated rings. The summed E-state index contributed by atoms with van der Waals surface area (Å²) in [5.41, 5.74) is 0.326. The summed E-state index contributed by atoms with van der Waals surface area (Å²) in [4.78, 5) is 7.99. The Hall–Kier alpha value is -1.71. The molecule has 0 aliphatic carbocycles. The van der Waals surface area contributed by atoms with E-state index < -0.39 is 0 Å². The fourth-order valence-corrected chi connectivity index (χ4v) is 1.27. The van der Waals surface area contributed by atoms with Gasteiger partial charge in [0.2, 0.25) is 0 Å². The third kappa shape index (κ3) is 6.13. The molecule has 0 amide bonds. The first-order valence-corrected chi connectivity index (χ1v) is 5.89. The van der Waals surface area contributed by atoms with Gasteiger partial charge in [0.15, 0.2) is 5.69 Å². The third-order valence-corrected chi connectivity index (χ3v) is 2.22. The van der Waals surface area contributed by atoms with Crippen molar-refractivity contribution in [1.29, 1.82) is 5.26 Å². The summed E-state index contributed by atoms with van der Waals surface area (Å²) < 4.78 is 10.2. The second-order valence-corrected chi connectivity index (χ2v) is 3.64. The van der Waals surface area contributed by atoms with Crippen molar-refractivity contribution in [3.8, 4) is 6.07 Å². The minimum absolute atomic E-state index is 0.326. The lowest BCUT2D eigenvalue weighted by Gasteiger charge is -2.05. The topological polar surface area (TPSA) is 80.1 Å². The largest absolute Gasteiger partial charge is 0.382 e. The van der Waals surface area contributed by atoms with Crippen LogP contribution in [0.25, 0.3) is 0 Å². The van der Waals surface area contributed by atoms with Gasteiger partial charge in [-0.25, -0.2) is 9.97 Å². The highest BCUT2D eigenvalue weighted by atomic mass is 16.5. The summed E-state index contributed by atoms with van der Waals surface area (Å²) in [5.74, 6) is 0.689. The molecule has 1 aromatic rings. The number of hydrogen-bond donors (Lipinski definition) is 1. The van der Waals surface area contributed by atoms with Crippen LogP contribution in [-0.4, -0.2) is 43.4 Å². The molecule has 0 bridgehead atoms. The Morgan fingerprint density at radius 1 is 1.22 bits per heavy atom. The standard InChI is InChI=1S/C12H18N4O2/c1-17-6-7-18-5-3-2-4-14-12-10-15-11(8-13)9-16-12/h9-10H,2-7H2,1H3,(H,14,16). The van der Waals surface area contributed by atoms with E-state index >= 15 is 0 Å². The summed E-state index contributed by atoms with van der Waals surface area (Å²) in [6, 6.07) is 1.93. The maximum atomic E-state index is 8.57. The highest BCUT2D eigenvalue weighted by Crippen LogP contribution is 2.01. The molecule has 98 valence electrons. The molecular weight excluding hydrogens is 232 g/mol. The number of anilines is 1. The molecule has 0 unspecified atom stereocenters. The van der Waals surface area contributed by atoms with E-state index in [1.54, 1.807) is 13.3 Å². The van der Waals surface area contributed by atoms with Crippen molar-refractivity contribution in [2.75, 3.05) is 38.8 Å². The zero-order valence-corrected chi connectivity index (χ0v) is 10.6. The first kappa shape index (κ1) is 14.4. The smallest absolute Gasteiger partial charge is 0.158 e. The fraction of sp³-hybridized carbons (Fsp3) is 0.583. The van der Waals surface area contributed by atoms with Gasteiger partial charge in [0.05, 0.1) is 25.6 Å². The molecular formula is C12H18N4O2. The Bertz CT molecular complexity index is 361. The lowest BCUT2D eigenvalue weighted by molar-refractivity contribution is 0.0691. The van der Waals surface area contributed by atoms with Gasteiger partial charge in [0, 0.05) is 20.3 Å². The van der Waals surface area contributed by atoms with Crippen molar-refractivity contribution in [3.05, 3.63) is 18.1 Å². The van der Waals surface area contributed by atoms with E-state index in [0.717, 1.165) is 26.0 Å². The van der Waals surface area contributed by atoms with Crippen LogP contribution in [0.15, 0.2) is 12.4 Å². The molecule has 0 saturated carbocycles. The molecule has 1 N–H and O–H groups in total. The second kappa shape index (κ2) is 9.33. The van der Waals surface area contributed by atoms with E-state index in [4.69, 9.17) is 14.7 Å². The average Bonchev–Trinajstić information content (AvgIpc) is 2.42. The molecule has 1 aromatic heterocycles. The summed E-state index contributed by atoms with van der Waals surface area (Å²) in [7, 11) is 1.66. The summed E-state index contributed by atoms with van der Waals surface area (Å²) in [6.07, 6.45) is 5.00. The van der Waals surface area contributed by atoms with Gasteiger partial charge in [-0.05, 0) is 12.8 Å². The first-order chi connectivity index (χ1) is 8.86. The number of nitriles is 1. The molecule has 0 aromatic carbocycles. The minimum atomic E-state index is 0.326. The Kier molecular flexibility index (Phi) is 7.44. The van der Waals surface area contributed by atoms with Gasteiger partial charge in [-0.15, -0.1) is 0 Å². The van der Waals surface area contributed by atoms with Gasteiger partial charge in [-0.3, -0.25) is 0 Å². The highest BCUT2D eigenvalue weighted by molar-refractivity contribution is 5.32. The van der Waals surface area contributed by atoms with Crippen LogP contribution in [-0.2, 0) is 9.47 Å². The zero-order valence-electron chi connectivity index (χ0n) is 10.6. The van der Waals surface area contributed by atoms with E-state index in [0.29, 0.717) is 24.7 Å². The molecule has 0 radical (unpaired) electrons. The summed E-state index contributed by atoms with van der Waals surface area (Å²) in [5, 5.41) is 11.7. The van der Waals surface area contributed by atoms with Crippen molar-refractivity contribution in [2.24, 2.45) is 0 Å². The van der Waals surface area contributed by atoms with E-state index in [1.165, 1.54) is 6.20 Å². The SMILES string of the molecule is COCCOCCCCNc1cnc(C#N)cn1. The van der Waals surface area contributed by atoms with Gasteiger partial charge in [-0.2, -0.15) is 5.26 Å². The van der Waals surface area contributed by atoms with Gasteiger partial charge >= 0.3 is 0 Å². The quantitative estimate of drug-likeness (QED) is 0.663. The Labute approximate surface area is 107 Å². The van der Waals surface area contributed by atoms with E-state index in [-0.39, 0.29) is 0 Å². The fourth-order valence-electron chi connectivity index (χ4n) is 1.27. The number of nitrogens with zero attached hydrogens (tertiary/aromatic N) is 3. The molecule has 0 spiro atoms. The van der Waals surface area contributed by atoms with Crippen LogP contribution in [0.5, 0.6) is 0 Å². The molecule has 6 nitrogen and oxygen atoms in total. The van der Waals surface area contributed by atoms with Crippen LogP contribution < -0.4 is 5.32 Å². The van der Waals surface area contributed by atoms with Gasteiger partial charge in [0.25, 0.3) is 0 Å². The lowest BCUT2D eigenvalue weighted by atomic mass is 10.3. The Morgan fingerprint density at radius 2 is 2.11 bits per heavy atom. The monoisotopic (exact) mass is 250 g/mol. The summed E-state index contributed by atoms with van der Waals surface area (Å²) in [6.45, 7) is 2.84. The van der Waals surface area contributed by atoms with Gasteiger partial charge in [-0.1, -0.05) is 0 Å². The maximum absolute atomic E-state index is 8.57. The molecule has 6 heteroatoms. The zero-order chi connectivity index (χ0) is 13.1. The van der Waals surface area contributed by atoms with Crippen molar-refractivity contribution >= 4 is 5.82 Å². The number of rotatable bonds is 9. The number of aromatic nitrogens is 2. The molecule has 0 atom stereocenters. The molecule has 1 rings (SSSR count). The van der Waals surface area contributed by atoms with Crippen LogP contribution in [0.3, 0.4) is 0 Å². The van der Waals surface area contributed by atoms with Crippen LogP contribution in [0, 0.1) is 11.3 Å². The van der Waals surface area contributed by atoms with Gasteiger partial charge < -0.3 is 14.8 Å². The minimum Gasteiger partial charge on any atom is -0.382 e. The second-order valence-electron chi connectivity index (χ2n) is 3.64. The van der Waals surface area contributed by atoms with Crippen LogP contribution in [0.1, 0.15) is 18.5 Å². The summed E-state index contributed by atoms with van der Waals surface area (Å²) >= 11 is 0. The number of nitrogens with one attached hydrogen (secondary N) is 1. The Balaban J connectivity index is 2.02. The van der Waals surface area contributed by atoms with Crippen molar-refractivity contribution < 1.29 is 9.47 Å². The number of hydrogen-bond acceptors (Lipinski definition) is 6. The lowest BCUT2D eigenvalue weighted by Crippen LogP contribution is -2.07. The van der Waals surface area contributed by atoms with E-state index in [2.05, 4.69) is 15.3 Å². The molecule has 18 heavy (non-hydrogen) atoms. The predicted octanol–water partition coefficient (Wildman–Crippen LogP) is 1.20.